The summed E-state index contributed by atoms with van der Waals surface area (Å²) in [6.07, 6.45) is -0.865. The molecule has 0 saturated carbocycles. The van der Waals surface area contributed by atoms with Gasteiger partial charge in [0.15, 0.2) is 17.2 Å². The highest BCUT2D eigenvalue weighted by Crippen LogP contribution is 2.38. The van der Waals surface area contributed by atoms with E-state index in [1.54, 1.807) is 29.8 Å². The molecule has 7 heteroatoms. The summed E-state index contributed by atoms with van der Waals surface area (Å²) in [5, 5.41) is 18.6. The molecule has 1 atom stereocenters. The lowest BCUT2D eigenvalue weighted by molar-refractivity contribution is -0.127. The molecule has 0 fully saturated rings. The maximum atomic E-state index is 12.3. The first kappa shape index (κ1) is 15.2. The number of para-hydroxylation sites is 3. The number of carbonyl (C=O) groups excluding carboxylic acids is 1. The van der Waals surface area contributed by atoms with Crippen molar-refractivity contribution in [2.75, 3.05) is 6.61 Å². The third-order valence-electron chi connectivity index (χ3n) is 4.08. The van der Waals surface area contributed by atoms with Gasteiger partial charge in [-0.2, -0.15) is 0 Å². The van der Waals surface area contributed by atoms with Gasteiger partial charge in [0.1, 0.15) is 6.61 Å². The molecule has 2 heterocycles. The topological polar surface area (TPSA) is 85.4 Å². The Bertz CT molecular complexity index is 993. The van der Waals surface area contributed by atoms with Crippen molar-refractivity contribution in [1.82, 2.24) is 4.57 Å². The average molecular weight is 337 g/mol. The molecule has 1 aliphatic rings. The second-order valence-electron chi connectivity index (χ2n) is 5.65. The van der Waals surface area contributed by atoms with E-state index in [-0.39, 0.29) is 18.2 Å². The molecule has 1 N–H and O–H groups in total. The van der Waals surface area contributed by atoms with E-state index in [4.69, 9.17) is 9.47 Å². The number of hydrogen-bond donors (Lipinski definition) is 1. The van der Waals surface area contributed by atoms with Gasteiger partial charge in [-0.15, -0.1) is 10.2 Å². The summed E-state index contributed by atoms with van der Waals surface area (Å²) < 4.78 is 12.7. The summed E-state index contributed by atoms with van der Waals surface area (Å²) in [6, 6.07) is 14.5. The molecule has 1 aliphatic heterocycles. The molecule has 3 aromatic rings. The number of ether oxygens (including phenoxy) is 2. The lowest BCUT2D eigenvalue weighted by Gasteiger charge is -2.23. The maximum Gasteiger partial charge on any atom is 0.308 e. The molecule has 2 aromatic carbocycles. The highest BCUT2D eigenvalue weighted by atomic mass is 16.6. The summed E-state index contributed by atoms with van der Waals surface area (Å²) in [7, 11) is 1.72. The molecular weight excluding hydrogens is 322 g/mol. The van der Waals surface area contributed by atoms with Gasteiger partial charge in [-0.05, 0) is 18.2 Å². The summed E-state index contributed by atoms with van der Waals surface area (Å²) in [5.74, 6) is 0.469. The van der Waals surface area contributed by atoms with Crippen LogP contribution in [0.25, 0.3) is 10.9 Å². The van der Waals surface area contributed by atoms with E-state index >= 15 is 0 Å². The minimum Gasteiger partial charge on any atom is -0.493 e. The monoisotopic (exact) mass is 337 g/mol. The van der Waals surface area contributed by atoms with E-state index in [1.807, 2.05) is 30.3 Å². The van der Waals surface area contributed by atoms with Crippen molar-refractivity contribution in [3.8, 4) is 17.4 Å². The zero-order chi connectivity index (χ0) is 17.4. The van der Waals surface area contributed by atoms with Crippen LogP contribution in [0.2, 0.25) is 0 Å². The quantitative estimate of drug-likeness (QED) is 0.727. The highest BCUT2D eigenvalue weighted by molar-refractivity contribution is 5.95. The second-order valence-corrected chi connectivity index (χ2v) is 5.65. The van der Waals surface area contributed by atoms with Gasteiger partial charge in [-0.1, -0.05) is 30.3 Å². The molecule has 25 heavy (non-hydrogen) atoms. The summed E-state index contributed by atoms with van der Waals surface area (Å²) >= 11 is 0. The van der Waals surface area contributed by atoms with Crippen LogP contribution >= 0.6 is 0 Å². The minimum absolute atomic E-state index is 0.0519. The normalized spacial score (nSPS) is 16.4. The first-order chi connectivity index (χ1) is 12.1. The maximum absolute atomic E-state index is 12.3. The van der Waals surface area contributed by atoms with Gasteiger partial charge in [-0.25, -0.2) is 0 Å². The Hall–Kier alpha value is -3.35. The fraction of sp³-hybridized carbons (Fsp3) is 0.167. The number of aromatic nitrogens is 1. The standard InChI is InChI=1S/C18H15N3O4/c1-21-12-7-3-2-6-11(12)16(18(21)23)19-20-17(22)15-10-24-13-8-4-5-9-14(13)25-15/h2-9,15,23H,10H2,1H3/t15-/m1/s1. The number of carbonyl (C=O) groups is 1. The number of azo groups is 1. The Morgan fingerprint density at radius 2 is 1.88 bits per heavy atom. The van der Waals surface area contributed by atoms with E-state index in [0.717, 1.165) is 5.52 Å². The summed E-state index contributed by atoms with van der Waals surface area (Å²) in [4.78, 5) is 12.3. The third kappa shape index (κ3) is 2.59. The zero-order valence-electron chi connectivity index (χ0n) is 13.4. The number of amides is 1. The Balaban J connectivity index is 1.59. The van der Waals surface area contributed by atoms with Crippen LogP contribution in [0.1, 0.15) is 0 Å². The van der Waals surface area contributed by atoms with E-state index in [9.17, 15) is 9.90 Å². The lowest BCUT2D eigenvalue weighted by atomic mass is 10.2. The number of benzene rings is 2. The van der Waals surface area contributed by atoms with Gasteiger partial charge < -0.3 is 19.1 Å². The first-order valence-corrected chi connectivity index (χ1v) is 7.75. The van der Waals surface area contributed by atoms with Gasteiger partial charge in [0.25, 0.3) is 0 Å². The van der Waals surface area contributed by atoms with Crippen LogP contribution in [0.3, 0.4) is 0 Å². The third-order valence-corrected chi connectivity index (χ3v) is 4.08. The molecule has 7 nitrogen and oxygen atoms in total. The Morgan fingerprint density at radius 3 is 2.72 bits per heavy atom. The van der Waals surface area contributed by atoms with Crippen molar-refractivity contribution < 1.29 is 19.4 Å². The van der Waals surface area contributed by atoms with Crippen LogP contribution in [0.4, 0.5) is 5.69 Å². The Morgan fingerprint density at radius 1 is 1.16 bits per heavy atom. The van der Waals surface area contributed by atoms with Gasteiger partial charge in [-0.3, -0.25) is 4.79 Å². The molecule has 4 rings (SSSR count). The van der Waals surface area contributed by atoms with Crippen molar-refractivity contribution in [2.45, 2.75) is 6.10 Å². The van der Waals surface area contributed by atoms with Gasteiger partial charge in [0.05, 0.1) is 5.52 Å². The largest absolute Gasteiger partial charge is 0.493 e. The van der Waals surface area contributed by atoms with Crippen molar-refractivity contribution >= 4 is 22.5 Å². The molecular formula is C18H15N3O4. The molecule has 0 radical (unpaired) electrons. The highest BCUT2D eigenvalue weighted by Gasteiger charge is 2.27. The van der Waals surface area contributed by atoms with Crippen molar-refractivity contribution in [3.63, 3.8) is 0 Å². The fourth-order valence-corrected chi connectivity index (χ4v) is 2.76. The molecule has 1 aromatic heterocycles. The van der Waals surface area contributed by atoms with Gasteiger partial charge in [0.2, 0.25) is 12.0 Å². The number of nitrogens with zero attached hydrogens (tertiary/aromatic N) is 3. The van der Waals surface area contributed by atoms with E-state index in [2.05, 4.69) is 10.2 Å². The van der Waals surface area contributed by atoms with E-state index in [0.29, 0.717) is 16.9 Å². The SMILES string of the molecule is Cn1c(O)c(N=NC(=O)[C@H]2COc3ccccc3O2)c2ccccc21. The predicted molar refractivity (Wildman–Crippen MR) is 90.5 cm³/mol. The van der Waals surface area contributed by atoms with Crippen molar-refractivity contribution in [3.05, 3.63) is 48.5 Å². The van der Waals surface area contributed by atoms with Crippen LogP contribution in [0, 0.1) is 0 Å². The van der Waals surface area contributed by atoms with Crippen LogP contribution in [0.15, 0.2) is 58.8 Å². The fourth-order valence-electron chi connectivity index (χ4n) is 2.76. The first-order valence-electron chi connectivity index (χ1n) is 7.75. The number of fused-ring (bicyclic) bond motifs is 2. The molecule has 0 aliphatic carbocycles. The molecule has 0 bridgehead atoms. The smallest absolute Gasteiger partial charge is 0.308 e. The van der Waals surface area contributed by atoms with Gasteiger partial charge in [0, 0.05) is 12.4 Å². The van der Waals surface area contributed by atoms with E-state index < -0.39 is 12.0 Å². The van der Waals surface area contributed by atoms with E-state index in [1.165, 1.54) is 0 Å². The van der Waals surface area contributed by atoms with Crippen LogP contribution in [-0.4, -0.2) is 28.3 Å². The average Bonchev–Trinajstić information content (AvgIpc) is 2.90. The number of aryl methyl sites for hydroxylation is 1. The van der Waals surface area contributed by atoms with Crippen LogP contribution < -0.4 is 9.47 Å². The molecule has 0 saturated heterocycles. The number of rotatable bonds is 2. The Labute approximate surface area is 143 Å². The van der Waals surface area contributed by atoms with Crippen LogP contribution in [-0.2, 0) is 11.8 Å². The van der Waals surface area contributed by atoms with Crippen molar-refractivity contribution in [1.29, 1.82) is 0 Å². The predicted octanol–water partition coefficient (Wildman–Crippen LogP) is 3.33. The summed E-state index contributed by atoms with van der Waals surface area (Å²) in [5.41, 5.74) is 1.05. The zero-order valence-corrected chi connectivity index (χ0v) is 13.4. The van der Waals surface area contributed by atoms with Gasteiger partial charge >= 0.3 is 5.91 Å². The van der Waals surface area contributed by atoms with Crippen molar-refractivity contribution in [2.24, 2.45) is 17.3 Å². The summed E-state index contributed by atoms with van der Waals surface area (Å²) in [6.45, 7) is 0.0659. The minimum atomic E-state index is -0.865. The second kappa shape index (κ2) is 5.94. The number of hydrogen-bond acceptors (Lipinski definition) is 5. The molecule has 126 valence electrons. The number of aromatic hydroxyl groups is 1. The Kier molecular flexibility index (Phi) is 3.61. The lowest BCUT2D eigenvalue weighted by Crippen LogP contribution is -2.35. The molecule has 1 amide bonds. The molecule has 0 unspecified atom stereocenters. The molecule has 0 spiro atoms. The van der Waals surface area contributed by atoms with Crippen LogP contribution in [0.5, 0.6) is 17.4 Å².